The van der Waals surface area contributed by atoms with E-state index in [0.29, 0.717) is 13.0 Å². The van der Waals surface area contributed by atoms with E-state index in [2.05, 4.69) is 0 Å². The fourth-order valence-corrected chi connectivity index (χ4v) is 2.50. The lowest BCUT2D eigenvalue weighted by Gasteiger charge is -2.33. The van der Waals surface area contributed by atoms with Gasteiger partial charge in [0.15, 0.2) is 0 Å². The molecular weight excluding hydrogens is 265 g/mol. The Balaban J connectivity index is 2.82. The Kier molecular flexibility index (Phi) is 5.50. The molecule has 0 saturated carbocycles. The molecule has 0 unspecified atom stereocenters. The second-order valence-electron chi connectivity index (χ2n) is 6.18. The van der Waals surface area contributed by atoms with Crippen molar-refractivity contribution >= 4 is 12.1 Å². The molecule has 1 fully saturated rings. The average Bonchev–Trinajstić information content (AvgIpc) is 2.76. The SMILES string of the molecule is CO[C@H]([C@@H](C)C(=O)F)[C@@H]1CCCN1C(=O)OC(C)(C)C. The number of hydrogen-bond donors (Lipinski definition) is 0. The quantitative estimate of drug-likeness (QED) is 0.746. The molecule has 0 aromatic carbocycles. The van der Waals surface area contributed by atoms with Gasteiger partial charge in [0.2, 0.25) is 0 Å². The first kappa shape index (κ1) is 16.9. The Hall–Kier alpha value is -1.17. The number of rotatable bonds is 4. The van der Waals surface area contributed by atoms with Crippen molar-refractivity contribution in [2.75, 3.05) is 13.7 Å². The van der Waals surface area contributed by atoms with Crippen LogP contribution in [0.4, 0.5) is 9.18 Å². The maximum absolute atomic E-state index is 12.9. The first-order valence-corrected chi connectivity index (χ1v) is 6.89. The van der Waals surface area contributed by atoms with Crippen LogP contribution >= 0.6 is 0 Å². The largest absolute Gasteiger partial charge is 0.444 e. The number of hydrogen-bond acceptors (Lipinski definition) is 4. The second-order valence-corrected chi connectivity index (χ2v) is 6.18. The molecule has 0 N–H and O–H groups in total. The zero-order valence-electron chi connectivity index (χ0n) is 12.8. The first-order chi connectivity index (χ1) is 9.17. The highest BCUT2D eigenvalue weighted by molar-refractivity contribution is 5.72. The Morgan fingerprint density at radius 1 is 1.35 bits per heavy atom. The minimum absolute atomic E-state index is 0.329. The van der Waals surface area contributed by atoms with Crippen molar-refractivity contribution in [3.8, 4) is 0 Å². The second kappa shape index (κ2) is 6.52. The molecule has 20 heavy (non-hydrogen) atoms. The van der Waals surface area contributed by atoms with Gasteiger partial charge in [-0.2, -0.15) is 4.39 Å². The number of methoxy groups -OCH3 is 1. The molecule has 5 nitrogen and oxygen atoms in total. The fraction of sp³-hybridized carbons (Fsp3) is 0.857. The van der Waals surface area contributed by atoms with E-state index in [1.165, 1.54) is 14.0 Å². The number of halogens is 1. The summed E-state index contributed by atoms with van der Waals surface area (Å²) in [5.74, 6) is -0.895. The number of carbonyl (C=O) groups is 2. The molecule has 0 aliphatic carbocycles. The van der Waals surface area contributed by atoms with Crippen LogP contribution in [0.3, 0.4) is 0 Å². The predicted octanol–water partition coefficient (Wildman–Crippen LogP) is 2.53. The van der Waals surface area contributed by atoms with Crippen molar-refractivity contribution in [3.05, 3.63) is 0 Å². The van der Waals surface area contributed by atoms with Crippen LogP contribution in [0.15, 0.2) is 0 Å². The molecule has 1 amide bonds. The minimum Gasteiger partial charge on any atom is -0.444 e. The zero-order valence-corrected chi connectivity index (χ0v) is 12.8. The average molecular weight is 289 g/mol. The maximum Gasteiger partial charge on any atom is 0.410 e. The zero-order chi connectivity index (χ0) is 15.5. The number of amides is 1. The third kappa shape index (κ3) is 4.16. The molecule has 0 radical (unpaired) electrons. The van der Waals surface area contributed by atoms with E-state index >= 15 is 0 Å². The van der Waals surface area contributed by atoms with Gasteiger partial charge in [0.05, 0.1) is 18.1 Å². The molecule has 116 valence electrons. The Morgan fingerprint density at radius 2 is 1.95 bits per heavy atom. The molecule has 3 atom stereocenters. The lowest BCUT2D eigenvalue weighted by Crippen LogP contribution is -2.48. The van der Waals surface area contributed by atoms with Crippen molar-refractivity contribution in [3.63, 3.8) is 0 Å². The van der Waals surface area contributed by atoms with Gasteiger partial charge in [0.25, 0.3) is 0 Å². The highest BCUT2D eigenvalue weighted by atomic mass is 19.1. The highest BCUT2D eigenvalue weighted by Gasteiger charge is 2.41. The van der Waals surface area contributed by atoms with E-state index in [4.69, 9.17) is 9.47 Å². The van der Waals surface area contributed by atoms with Crippen LogP contribution in [-0.4, -0.2) is 48.4 Å². The van der Waals surface area contributed by atoms with Crippen LogP contribution in [0.25, 0.3) is 0 Å². The molecule has 0 spiro atoms. The first-order valence-electron chi connectivity index (χ1n) is 6.89. The summed E-state index contributed by atoms with van der Waals surface area (Å²) in [5.41, 5.74) is -0.589. The van der Waals surface area contributed by atoms with Gasteiger partial charge in [-0.05, 0) is 33.6 Å². The Bertz CT molecular complexity index is 367. The van der Waals surface area contributed by atoms with Gasteiger partial charge in [0, 0.05) is 13.7 Å². The molecule has 1 aliphatic rings. The molecule has 6 heteroatoms. The van der Waals surface area contributed by atoms with Gasteiger partial charge in [0.1, 0.15) is 5.60 Å². The van der Waals surface area contributed by atoms with Gasteiger partial charge in [-0.1, -0.05) is 6.92 Å². The molecule has 0 aromatic rings. The summed E-state index contributed by atoms with van der Waals surface area (Å²) < 4.78 is 23.5. The van der Waals surface area contributed by atoms with Crippen LogP contribution in [0, 0.1) is 5.92 Å². The molecule has 1 rings (SSSR count). The fourth-order valence-electron chi connectivity index (χ4n) is 2.50. The van der Waals surface area contributed by atoms with Crippen LogP contribution in [0.2, 0.25) is 0 Å². The maximum atomic E-state index is 12.9. The highest BCUT2D eigenvalue weighted by Crippen LogP contribution is 2.28. The van der Waals surface area contributed by atoms with Crippen molar-refractivity contribution in [2.45, 2.75) is 58.3 Å². The van der Waals surface area contributed by atoms with E-state index in [0.717, 1.165) is 6.42 Å². The van der Waals surface area contributed by atoms with E-state index in [1.54, 1.807) is 25.7 Å². The summed E-state index contributed by atoms with van der Waals surface area (Å²) in [5, 5.41) is 0. The van der Waals surface area contributed by atoms with Gasteiger partial charge in [-0.15, -0.1) is 0 Å². The van der Waals surface area contributed by atoms with Crippen LogP contribution < -0.4 is 0 Å². The Labute approximate surface area is 119 Å². The third-order valence-corrected chi connectivity index (χ3v) is 3.43. The minimum atomic E-state index is -1.42. The van der Waals surface area contributed by atoms with Gasteiger partial charge >= 0.3 is 12.1 Å². The standard InChI is InChI=1S/C14H24FNO4/c1-9(12(15)17)11(19-5)10-7-6-8-16(10)13(18)20-14(2,3)4/h9-11H,6-8H2,1-5H3/t9-,10+,11-/m1/s1. The van der Waals surface area contributed by atoms with Crippen molar-refractivity contribution < 1.29 is 23.5 Å². The van der Waals surface area contributed by atoms with Gasteiger partial charge in [-0.25, -0.2) is 4.79 Å². The third-order valence-electron chi connectivity index (χ3n) is 3.43. The summed E-state index contributed by atoms with van der Waals surface area (Å²) in [4.78, 5) is 24.6. The lowest BCUT2D eigenvalue weighted by molar-refractivity contribution is -0.139. The predicted molar refractivity (Wildman–Crippen MR) is 72.0 cm³/mol. The number of likely N-dealkylation sites (tertiary alicyclic amines) is 1. The molecule has 0 bridgehead atoms. The van der Waals surface area contributed by atoms with E-state index < -0.39 is 29.8 Å². The summed E-state index contributed by atoms with van der Waals surface area (Å²) in [6, 6.07) is -1.75. The number of ether oxygens (including phenoxy) is 2. The van der Waals surface area contributed by atoms with Gasteiger partial charge in [-0.3, -0.25) is 4.79 Å². The smallest absolute Gasteiger partial charge is 0.410 e. The van der Waals surface area contributed by atoms with E-state index in [1.807, 2.05) is 0 Å². The molecule has 1 saturated heterocycles. The monoisotopic (exact) mass is 289 g/mol. The molecule has 0 aromatic heterocycles. The number of carbonyl (C=O) groups excluding carboxylic acids is 2. The van der Waals surface area contributed by atoms with Crippen LogP contribution in [-0.2, 0) is 14.3 Å². The summed E-state index contributed by atoms with van der Waals surface area (Å²) in [6.07, 6.45) is 0.370. The summed E-state index contributed by atoms with van der Waals surface area (Å²) in [6.45, 7) is 7.38. The van der Waals surface area contributed by atoms with Crippen LogP contribution in [0.1, 0.15) is 40.5 Å². The van der Waals surface area contributed by atoms with Crippen molar-refractivity contribution in [1.82, 2.24) is 4.90 Å². The number of nitrogens with zero attached hydrogens (tertiary/aromatic N) is 1. The van der Waals surface area contributed by atoms with E-state index in [9.17, 15) is 14.0 Å². The van der Waals surface area contributed by atoms with Crippen molar-refractivity contribution in [1.29, 1.82) is 0 Å². The Morgan fingerprint density at radius 3 is 2.40 bits per heavy atom. The van der Waals surface area contributed by atoms with E-state index in [-0.39, 0.29) is 6.04 Å². The normalized spacial score (nSPS) is 22.5. The van der Waals surface area contributed by atoms with Crippen LogP contribution in [0.5, 0.6) is 0 Å². The topological polar surface area (TPSA) is 55.8 Å². The molecular formula is C14H24FNO4. The summed E-state index contributed by atoms with van der Waals surface area (Å²) in [7, 11) is 1.43. The van der Waals surface area contributed by atoms with Gasteiger partial charge < -0.3 is 14.4 Å². The molecule has 1 aliphatic heterocycles. The van der Waals surface area contributed by atoms with Crippen molar-refractivity contribution in [2.24, 2.45) is 5.92 Å². The molecule has 1 heterocycles. The summed E-state index contributed by atoms with van der Waals surface area (Å²) >= 11 is 0. The lowest BCUT2D eigenvalue weighted by atomic mass is 9.96.